The summed E-state index contributed by atoms with van der Waals surface area (Å²) in [5.41, 5.74) is 3.57. The van der Waals surface area contributed by atoms with Gasteiger partial charge in [0.2, 0.25) is 5.91 Å². The van der Waals surface area contributed by atoms with E-state index >= 15 is 0 Å². The van der Waals surface area contributed by atoms with E-state index in [1.165, 1.54) is 11.3 Å². The summed E-state index contributed by atoms with van der Waals surface area (Å²) >= 11 is 1.36. The summed E-state index contributed by atoms with van der Waals surface area (Å²) in [7, 11) is 0. The van der Waals surface area contributed by atoms with Crippen LogP contribution in [-0.2, 0) is 40.3 Å². The first-order valence-corrected chi connectivity index (χ1v) is 12.4. The van der Waals surface area contributed by atoms with Crippen molar-refractivity contribution in [2.45, 2.75) is 32.4 Å². The molecule has 2 heterocycles. The highest BCUT2D eigenvalue weighted by Gasteiger charge is 2.28. The van der Waals surface area contributed by atoms with Gasteiger partial charge in [0, 0.05) is 17.8 Å². The van der Waals surface area contributed by atoms with E-state index in [9.17, 15) is 14.9 Å². The number of hydrogen-bond donors (Lipinski definition) is 1. The predicted molar refractivity (Wildman–Crippen MR) is 134 cm³/mol. The second-order valence-corrected chi connectivity index (χ2v) is 9.28. The van der Waals surface area contributed by atoms with Crippen molar-refractivity contribution in [2.75, 3.05) is 25.1 Å². The molecule has 0 saturated carbocycles. The Balaban J connectivity index is 1.26. The maximum Gasteiger partial charge on any atom is 0.410 e. The molecule has 0 saturated heterocycles. The lowest BCUT2D eigenvalue weighted by Crippen LogP contribution is -2.36. The minimum atomic E-state index is -0.403. The second kappa shape index (κ2) is 12.2. The van der Waals surface area contributed by atoms with E-state index < -0.39 is 6.09 Å². The van der Waals surface area contributed by atoms with E-state index in [2.05, 4.69) is 11.4 Å². The Morgan fingerprint density at radius 1 is 1.03 bits per heavy atom. The van der Waals surface area contributed by atoms with Gasteiger partial charge in [-0.2, -0.15) is 5.26 Å². The fourth-order valence-electron chi connectivity index (χ4n) is 3.90. The second-order valence-electron chi connectivity index (χ2n) is 8.18. The minimum absolute atomic E-state index is 0.129. The molecule has 2 amide bonds. The maximum atomic E-state index is 12.5. The van der Waals surface area contributed by atoms with Crippen molar-refractivity contribution in [3.8, 4) is 6.07 Å². The molecular formula is C27H27N3O4S. The number of ether oxygens (including phenoxy) is 2. The van der Waals surface area contributed by atoms with Gasteiger partial charge in [-0.05, 0) is 29.5 Å². The molecule has 8 heteroatoms. The molecule has 180 valence electrons. The number of amides is 2. The summed E-state index contributed by atoms with van der Waals surface area (Å²) in [6.07, 6.45) is 1.12. The lowest BCUT2D eigenvalue weighted by molar-refractivity contribution is -0.116. The number of thiophene rings is 1. The van der Waals surface area contributed by atoms with Gasteiger partial charge in [-0.25, -0.2) is 4.79 Å². The van der Waals surface area contributed by atoms with Gasteiger partial charge in [-0.15, -0.1) is 11.3 Å². The van der Waals surface area contributed by atoms with Crippen LogP contribution in [-0.4, -0.2) is 36.7 Å². The van der Waals surface area contributed by atoms with E-state index in [1.807, 2.05) is 60.7 Å². The molecule has 0 bridgehead atoms. The van der Waals surface area contributed by atoms with Crippen molar-refractivity contribution < 1.29 is 19.1 Å². The highest BCUT2D eigenvalue weighted by atomic mass is 32.1. The van der Waals surface area contributed by atoms with E-state index in [0.717, 1.165) is 21.6 Å². The Labute approximate surface area is 208 Å². The summed E-state index contributed by atoms with van der Waals surface area (Å²) in [6.45, 7) is 1.78. The first-order chi connectivity index (χ1) is 17.1. The number of nitrogens with one attached hydrogen (secondary N) is 1. The number of aryl methyl sites for hydroxylation is 1. The van der Waals surface area contributed by atoms with Crippen LogP contribution >= 0.6 is 11.3 Å². The number of benzene rings is 2. The van der Waals surface area contributed by atoms with Gasteiger partial charge in [-0.3, -0.25) is 4.79 Å². The third-order valence-corrected chi connectivity index (χ3v) is 6.86. The molecule has 3 aromatic rings. The number of carbonyl (C=O) groups excluding carboxylic acids is 2. The van der Waals surface area contributed by atoms with Crippen molar-refractivity contribution >= 4 is 28.3 Å². The monoisotopic (exact) mass is 489 g/mol. The van der Waals surface area contributed by atoms with Crippen molar-refractivity contribution in [3.05, 3.63) is 87.8 Å². The third-order valence-electron chi connectivity index (χ3n) is 5.73. The lowest BCUT2D eigenvalue weighted by Gasteiger charge is -2.26. The molecule has 1 aliphatic rings. The number of carbonyl (C=O) groups is 2. The average Bonchev–Trinajstić information content (AvgIpc) is 3.24. The number of nitriles is 1. The van der Waals surface area contributed by atoms with Crippen molar-refractivity contribution in [1.82, 2.24) is 4.90 Å². The number of fused-ring (bicyclic) bond motifs is 1. The van der Waals surface area contributed by atoms with Gasteiger partial charge in [-0.1, -0.05) is 60.7 Å². The normalized spacial score (nSPS) is 12.5. The molecule has 4 rings (SSSR count). The molecule has 1 N–H and O–H groups in total. The molecular weight excluding hydrogens is 462 g/mol. The Bertz CT molecular complexity index is 1190. The quantitative estimate of drug-likeness (QED) is 0.432. The van der Waals surface area contributed by atoms with Gasteiger partial charge in [0.15, 0.2) is 0 Å². The smallest absolute Gasteiger partial charge is 0.410 e. The van der Waals surface area contributed by atoms with Crippen LogP contribution in [0.4, 0.5) is 9.80 Å². The minimum Gasteiger partial charge on any atom is -0.447 e. The molecule has 0 fully saturated rings. The molecule has 0 aliphatic carbocycles. The summed E-state index contributed by atoms with van der Waals surface area (Å²) < 4.78 is 10.9. The fourth-order valence-corrected chi connectivity index (χ4v) is 5.13. The molecule has 0 spiro atoms. The Morgan fingerprint density at radius 2 is 1.74 bits per heavy atom. The van der Waals surface area contributed by atoms with Gasteiger partial charge in [0.25, 0.3) is 0 Å². The zero-order valence-corrected chi connectivity index (χ0v) is 20.2. The third kappa shape index (κ3) is 6.69. The van der Waals surface area contributed by atoms with Crippen LogP contribution in [0.1, 0.15) is 33.6 Å². The van der Waals surface area contributed by atoms with E-state index in [-0.39, 0.29) is 12.5 Å². The van der Waals surface area contributed by atoms with Gasteiger partial charge < -0.3 is 19.7 Å². The molecule has 35 heavy (non-hydrogen) atoms. The number of nitrogens with zero attached hydrogens (tertiary/aromatic N) is 2. The Kier molecular flexibility index (Phi) is 8.49. The lowest BCUT2D eigenvalue weighted by atomic mass is 10.0. The van der Waals surface area contributed by atoms with E-state index in [1.54, 1.807) is 4.90 Å². The molecule has 7 nitrogen and oxygen atoms in total. The highest BCUT2D eigenvalue weighted by molar-refractivity contribution is 7.16. The molecule has 1 aromatic heterocycles. The standard InChI is InChI=1S/C27H27N3O4S/c28-17-23-22-13-14-30(27(32)34-16-15-33-19-21-9-5-2-6-10-21)18-24(22)35-26(23)29-25(31)12-11-20-7-3-1-4-8-20/h1-10H,11-16,18-19H2,(H,29,31). The maximum absolute atomic E-state index is 12.5. The van der Waals surface area contributed by atoms with E-state index in [4.69, 9.17) is 9.47 Å². The van der Waals surface area contributed by atoms with Crippen LogP contribution in [0, 0.1) is 11.3 Å². The van der Waals surface area contributed by atoms with Crippen molar-refractivity contribution in [2.24, 2.45) is 0 Å². The summed E-state index contributed by atoms with van der Waals surface area (Å²) in [4.78, 5) is 27.5. The molecule has 0 unspecified atom stereocenters. The van der Waals surface area contributed by atoms with Gasteiger partial charge in [0.1, 0.15) is 17.7 Å². The molecule has 2 aromatic carbocycles. The van der Waals surface area contributed by atoms with Crippen LogP contribution in [0.2, 0.25) is 0 Å². The van der Waals surface area contributed by atoms with Crippen LogP contribution in [0.25, 0.3) is 0 Å². The summed E-state index contributed by atoms with van der Waals surface area (Å²) in [5, 5.41) is 13.2. The van der Waals surface area contributed by atoms with E-state index in [0.29, 0.717) is 56.1 Å². The number of hydrogen-bond acceptors (Lipinski definition) is 6. The fraction of sp³-hybridized carbons (Fsp3) is 0.296. The Hall–Kier alpha value is -3.67. The van der Waals surface area contributed by atoms with Crippen LogP contribution in [0.5, 0.6) is 0 Å². The van der Waals surface area contributed by atoms with Crippen LogP contribution < -0.4 is 5.32 Å². The highest BCUT2D eigenvalue weighted by Crippen LogP contribution is 2.36. The first kappa shape index (κ1) is 24.5. The van der Waals surface area contributed by atoms with Crippen molar-refractivity contribution in [1.29, 1.82) is 5.26 Å². The molecule has 1 aliphatic heterocycles. The summed E-state index contributed by atoms with van der Waals surface area (Å²) in [6, 6.07) is 21.9. The average molecular weight is 490 g/mol. The zero-order valence-electron chi connectivity index (χ0n) is 19.4. The van der Waals surface area contributed by atoms with Crippen LogP contribution in [0.3, 0.4) is 0 Å². The number of rotatable bonds is 9. The van der Waals surface area contributed by atoms with Crippen LogP contribution in [0.15, 0.2) is 60.7 Å². The zero-order chi connectivity index (χ0) is 24.5. The predicted octanol–water partition coefficient (Wildman–Crippen LogP) is 4.90. The largest absolute Gasteiger partial charge is 0.447 e. The summed E-state index contributed by atoms with van der Waals surface area (Å²) in [5.74, 6) is -0.129. The van der Waals surface area contributed by atoms with Gasteiger partial charge >= 0.3 is 6.09 Å². The Morgan fingerprint density at radius 3 is 2.46 bits per heavy atom. The van der Waals surface area contributed by atoms with Gasteiger partial charge in [0.05, 0.1) is 25.3 Å². The van der Waals surface area contributed by atoms with Crippen molar-refractivity contribution in [3.63, 3.8) is 0 Å². The SMILES string of the molecule is N#Cc1c(NC(=O)CCc2ccccc2)sc2c1CCN(C(=O)OCCOCc1ccccc1)C2. The topological polar surface area (TPSA) is 91.7 Å². The molecule has 0 radical (unpaired) electrons. The first-order valence-electron chi connectivity index (χ1n) is 11.6. The number of anilines is 1. The molecule has 0 atom stereocenters.